The number of hydrogen-bond donors (Lipinski definition) is 4. The summed E-state index contributed by atoms with van der Waals surface area (Å²) in [4.78, 5) is 33.3. The lowest BCUT2D eigenvalue weighted by Crippen LogP contribution is -2.42. The summed E-state index contributed by atoms with van der Waals surface area (Å²) < 4.78 is 4.96. The van der Waals surface area contributed by atoms with Crippen molar-refractivity contribution in [3.63, 3.8) is 0 Å². The molecule has 0 aliphatic heterocycles. The topological polar surface area (TPSA) is 139 Å². The van der Waals surface area contributed by atoms with Gasteiger partial charge >= 0.3 is 18.0 Å². The van der Waals surface area contributed by atoms with E-state index in [0.717, 1.165) is 27.2 Å². The van der Waals surface area contributed by atoms with Gasteiger partial charge in [0, 0.05) is 11.5 Å². The molecule has 0 aromatic heterocycles. The SMILES string of the molecule is N[C@H](CSSC[C@@H](NC(=O)OCc1ccccc1)C(=O)O)C(=O)O. The standard InChI is InChI=1S/C14H18N2O6S2/c15-10(12(17)18)7-23-24-8-11(13(19)20)16-14(21)22-6-9-4-2-1-3-5-9/h1-5,10-11H,6-8,15H2,(H,16,21)(H,17,18)(H,19,20)/t10-,11-/m1/s1. The van der Waals surface area contributed by atoms with Crippen LogP contribution in [0.15, 0.2) is 30.3 Å². The van der Waals surface area contributed by atoms with Gasteiger partial charge in [0.1, 0.15) is 18.7 Å². The quantitative estimate of drug-likeness (QED) is 0.351. The molecule has 2 atom stereocenters. The van der Waals surface area contributed by atoms with Crippen LogP contribution in [-0.2, 0) is 20.9 Å². The van der Waals surface area contributed by atoms with E-state index in [4.69, 9.17) is 20.7 Å². The number of benzene rings is 1. The Labute approximate surface area is 146 Å². The highest BCUT2D eigenvalue weighted by molar-refractivity contribution is 8.76. The Morgan fingerprint density at radius 2 is 1.71 bits per heavy atom. The highest BCUT2D eigenvalue weighted by atomic mass is 33.1. The van der Waals surface area contributed by atoms with Gasteiger partial charge in [-0.2, -0.15) is 0 Å². The number of carbonyl (C=O) groups is 3. The Bertz CT molecular complexity index is 557. The van der Waals surface area contributed by atoms with E-state index in [9.17, 15) is 14.4 Å². The van der Waals surface area contributed by atoms with Crippen LogP contribution in [0, 0.1) is 0 Å². The van der Waals surface area contributed by atoms with Crippen molar-refractivity contribution in [1.82, 2.24) is 5.32 Å². The predicted octanol–water partition coefficient (Wildman–Crippen LogP) is 1.16. The first-order valence-electron chi connectivity index (χ1n) is 6.83. The van der Waals surface area contributed by atoms with Gasteiger partial charge in [-0.15, -0.1) is 0 Å². The maximum Gasteiger partial charge on any atom is 0.408 e. The van der Waals surface area contributed by atoms with E-state index < -0.39 is 30.1 Å². The normalized spacial score (nSPS) is 12.9. The highest BCUT2D eigenvalue weighted by Crippen LogP contribution is 2.22. The van der Waals surface area contributed by atoms with Crippen molar-refractivity contribution in [3.05, 3.63) is 35.9 Å². The summed E-state index contributed by atoms with van der Waals surface area (Å²) in [5.74, 6) is -2.15. The minimum Gasteiger partial charge on any atom is -0.480 e. The van der Waals surface area contributed by atoms with Crippen molar-refractivity contribution >= 4 is 39.6 Å². The second-order valence-electron chi connectivity index (χ2n) is 4.61. The molecule has 5 N–H and O–H groups in total. The first-order chi connectivity index (χ1) is 11.4. The van der Waals surface area contributed by atoms with Crippen molar-refractivity contribution in [2.75, 3.05) is 11.5 Å². The molecule has 24 heavy (non-hydrogen) atoms. The number of hydrogen-bond acceptors (Lipinski definition) is 7. The largest absolute Gasteiger partial charge is 0.480 e. The van der Waals surface area contributed by atoms with Gasteiger partial charge in [0.25, 0.3) is 0 Å². The highest BCUT2D eigenvalue weighted by Gasteiger charge is 2.21. The van der Waals surface area contributed by atoms with Crippen LogP contribution in [0.1, 0.15) is 5.56 Å². The number of alkyl carbamates (subject to hydrolysis) is 1. The minimum absolute atomic E-state index is 0.0361. The molecule has 0 heterocycles. The number of ether oxygens (including phenoxy) is 1. The Hall–Kier alpha value is -1.91. The molecule has 10 heteroatoms. The van der Waals surface area contributed by atoms with Crippen LogP contribution in [0.25, 0.3) is 0 Å². The lowest BCUT2D eigenvalue weighted by atomic mass is 10.2. The third-order valence-electron chi connectivity index (χ3n) is 2.69. The number of aliphatic carboxylic acids is 2. The Kier molecular flexibility index (Phi) is 9.05. The molecule has 0 saturated heterocycles. The fourth-order valence-electron chi connectivity index (χ4n) is 1.39. The molecule has 0 unspecified atom stereocenters. The number of carbonyl (C=O) groups excluding carboxylic acids is 1. The molecule has 0 spiro atoms. The van der Waals surface area contributed by atoms with Gasteiger partial charge in [-0.3, -0.25) is 4.79 Å². The lowest BCUT2D eigenvalue weighted by molar-refractivity contribution is -0.139. The van der Waals surface area contributed by atoms with Gasteiger partial charge < -0.3 is 26.0 Å². The van der Waals surface area contributed by atoms with E-state index in [1.165, 1.54) is 0 Å². The average molecular weight is 374 g/mol. The van der Waals surface area contributed by atoms with Crippen molar-refractivity contribution in [1.29, 1.82) is 0 Å². The maximum absolute atomic E-state index is 11.7. The van der Waals surface area contributed by atoms with Crippen molar-refractivity contribution in [2.45, 2.75) is 18.7 Å². The van der Waals surface area contributed by atoms with Gasteiger partial charge in [-0.1, -0.05) is 51.9 Å². The fraction of sp³-hybridized carbons (Fsp3) is 0.357. The van der Waals surface area contributed by atoms with E-state index in [0.29, 0.717) is 0 Å². The molecule has 0 fully saturated rings. The first-order valence-corrected chi connectivity index (χ1v) is 9.31. The Morgan fingerprint density at radius 1 is 1.08 bits per heavy atom. The summed E-state index contributed by atoms with van der Waals surface area (Å²) in [5.41, 5.74) is 6.11. The number of nitrogens with one attached hydrogen (secondary N) is 1. The third kappa shape index (κ3) is 8.09. The zero-order chi connectivity index (χ0) is 17.9. The molecule has 0 bridgehead atoms. The van der Waals surface area contributed by atoms with E-state index in [1.54, 1.807) is 24.3 Å². The molecular weight excluding hydrogens is 356 g/mol. The molecule has 8 nitrogen and oxygen atoms in total. The molecule has 132 valence electrons. The molecular formula is C14H18N2O6S2. The number of carboxylic acids is 2. The number of amides is 1. The number of carboxylic acid groups (broad SMARTS) is 2. The zero-order valence-corrected chi connectivity index (χ0v) is 14.2. The van der Waals surface area contributed by atoms with E-state index in [-0.39, 0.29) is 18.1 Å². The monoisotopic (exact) mass is 374 g/mol. The van der Waals surface area contributed by atoms with E-state index in [1.807, 2.05) is 6.07 Å². The summed E-state index contributed by atoms with van der Waals surface area (Å²) >= 11 is 0. The third-order valence-corrected chi connectivity index (χ3v) is 5.13. The van der Waals surface area contributed by atoms with Crippen molar-refractivity contribution < 1.29 is 29.3 Å². The smallest absolute Gasteiger partial charge is 0.408 e. The van der Waals surface area contributed by atoms with Crippen LogP contribution in [0.3, 0.4) is 0 Å². The van der Waals surface area contributed by atoms with Gasteiger partial charge in [0.2, 0.25) is 0 Å². The van der Waals surface area contributed by atoms with E-state index >= 15 is 0 Å². The Balaban J connectivity index is 2.32. The molecule has 1 aromatic rings. The summed E-state index contributed by atoms with van der Waals surface area (Å²) in [6.45, 7) is 0.0361. The molecule has 0 saturated carbocycles. The van der Waals surface area contributed by atoms with Gasteiger partial charge in [0.15, 0.2) is 0 Å². The second-order valence-corrected chi connectivity index (χ2v) is 7.16. The summed E-state index contributed by atoms with van der Waals surface area (Å²) in [6.07, 6.45) is -0.834. The fourth-order valence-corrected chi connectivity index (χ4v) is 3.66. The van der Waals surface area contributed by atoms with Gasteiger partial charge in [0.05, 0.1) is 0 Å². The van der Waals surface area contributed by atoms with Crippen LogP contribution in [0.5, 0.6) is 0 Å². The summed E-state index contributed by atoms with van der Waals surface area (Å²) in [7, 11) is 2.24. The van der Waals surface area contributed by atoms with Crippen molar-refractivity contribution in [2.24, 2.45) is 5.73 Å². The van der Waals surface area contributed by atoms with Crippen LogP contribution < -0.4 is 11.1 Å². The lowest BCUT2D eigenvalue weighted by Gasteiger charge is -2.14. The summed E-state index contributed by atoms with van der Waals surface area (Å²) in [6, 6.07) is 6.81. The van der Waals surface area contributed by atoms with Gasteiger partial charge in [-0.05, 0) is 5.56 Å². The Morgan fingerprint density at radius 3 is 2.29 bits per heavy atom. The van der Waals surface area contributed by atoms with Gasteiger partial charge in [-0.25, -0.2) is 9.59 Å². The molecule has 0 radical (unpaired) electrons. The number of nitrogens with two attached hydrogens (primary N) is 1. The molecule has 0 aliphatic carbocycles. The molecule has 1 aromatic carbocycles. The maximum atomic E-state index is 11.7. The summed E-state index contributed by atoms with van der Waals surface area (Å²) in [5, 5.41) is 20.0. The average Bonchev–Trinajstić information content (AvgIpc) is 2.56. The van der Waals surface area contributed by atoms with Crippen LogP contribution in [0.4, 0.5) is 4.79 Å². The second kappa shape index (κ2) is 10.8. The number of rotatable bonds is 10. The predicted molar refractivity (Wildman–Crippen MR) is 91.7 cm³/mol. The zero-order valence-electron chi connectivity index (χ0n) is 12.6. The molecule has 1 amide bonds. The first kappa shape index (κ1) is 20.1. The van der Waals surface area contributed by atoms with Crippen LogP contribution >= 0.6 is 21.6 Å². The minimum atomic E-state index is -1.21. The molecule has 1 rings (SSSR count). The van der Waals surface area contributed by atoms with E-state index in [2.05, 4.69) is 5.32 Å². The van der Waals surface area contributed by atoms with Crippen molar-refractivity contribution in [3.8, 4) is 0 Å². The van der Waals surface area contributed by atoms with Crippen LogP contribution in [0.2, 0.25) is 0 Å². The van der Waals surface area contributed by atoms with Crippen LogP contribution in [-0.4, -0.2) is 51.8 Å². The molecule has 0 aliphatic rings.